The van der Waals surface area contributed by atoms with Gasteiger partial charge in [0.2, 0.25) is 0 Å². The molecule has 0 fully saturated rings. The standard InChI is InChI=1S/C10H11Cl/c1-3-5-9-7-4-6-8(2)10(9)11/h3-7H,1-2H3. The van der Waals surface area contributed by atoms with Crippen LogP contribution in [0, 0.1) is 6.92 Å². The average molecular weight is 167 g/mol. The van der Waals surface area contributed by atoms with Crippen LogP contribution < -0.4 is 0 Å². The van der Waals surface area contributed by atoms with Crippen LogP contribution in [0.2, 0.25) is 5.02 Å². The van der Waals surface area contributed by atoms with E-state index in [4.69, 9.17) is 11.6 Å². The second kappa shape index (κ2) is 3.59. The summed E-state index contributed by atoms with van der Waals surface area (Å²) in [6, 6.07) is 6.03. The lowest BCUT2D eigenvalue weighted by Gasteiger charge is -2.00. The van der Waals surface area contributed by atoms with Crippen LogP contribution in [0.5, 0.6) is 0 Å². The Morgan fingerprint density at radius 2 is 2.09 bits per heavy atom. The molecule has 0 radical (unpaired) electrons. The van der Waals surface area contributed by atoms with Crippen LogP contribution >= 0.6 is 11.6 Å². The van der Waals surface area contributed by atoms with Gasteiger partial charge < -0.3 is 0 Å². The lowest BCUT2D eigenvalue weighted by Crippen LogP contribution is -1.78. The molecule has 0 heterocycles. The van der Waals surface area contributed by atoms with E-state index < -0.39 is 0 Å². The number of rotatable bonds is 1. The number of halogens is 1. The third kappa shape index (κ3) is 1.84. The Kier molecular flexibility index (Phi) is 2.72. The first-order valence-corrected chi connectivity index (χ1v) is 4.01. The Morgan fingerprint density at radius 3 is 2.73 bits per heavy atom. The van der Waals surface area contributed by atoms with Crippen molar-refractivity contribution in [2.24, 2.45) is 0 Å². The highest BCUT2D eigenvalue weighted by Crippen LogP contribution is 2.20. The second-order valence-corrected chi connectivity index (χ2v) is 2.86. The van der Waals surface area contributed by atoms with E-state index in [1.54, 1.807) is 0 Å². The van der Waals surface area contributed by atoms with Crippen molar-refractivity contribution < 1.29 is 0 Å². The summed E-state index contributed by atoms with van der Waals surface area (Å²) in [5.41, 5.74) is 2.22. The minimum absolute atomic E-state index is 0.852. The summed E-state index contributed by atoms with van der Waals surface area (Å²) < 4.78 is 0. The first-order valence-electron chi connectivity index (χ1n) is 3.63. The lowest BCUT2D eigenvalue weighted by atomic mass is 10.1. The van der Waals surface area contributed by atoms with Gasteiger partial charge in [0.25, 0.3) is 0 Å². The smallest absolute Gasteiger partial charge is 0.0507 e. The van der Waals surface area contributed by atoms with Crippen molar-refractivity contribution in [3.8, 4) is 0 Å². The number of hydrogen-bond donors (Lipinski definition) is 0. The summed E-state index contributed by atoms with van der Waals surface area (Å²) in [5, 5.41) is 0.852. The molecular formula is C10H11Cl. The van der Waals surface area contributed by atoms with Gasteiger partial charge in [0.15, 0.2) is 0 Å². The molecule has 1 aromatic rings. The molecule has 0 aliphatic rings. The predicted octanol–water partition coefficient (Wildman–Crippen LogP) is 3.68. The normalized spacial score (nSPS) is 10.8. The van der Waals surface area contributed by atoms with E-state index in [0.29, 0.717) is 0 Å². The van der Waals surface area contributed by atoms with Gasteiger partial charge in [-0.1, -0.05) is 42.0 Å². The molecule has 1 aromatic carbocycles. The van der Waals surface area contributed by atoms with Gasteiger partial charge in [-0.2, -0.15) is 0 Å². The summed E-state index contributed by atoms with van der Waals surface area (Å²) >= 11 is 6.02. The van der Waals surface area contributed by atoms with Crippen LogP contribution in [0.1, 0.15) is 18.1 Å². The van der Waals surface area contributed by atoms with E-state index in [1.165, 1.54) is 0 Å². The van der Waals surface area contributed by atoms with Crippen LogP contribution in [-0.2, 0) is 0 Å². The molecule has 11 heavy (non-hydrogen) atoms. The van der Waals surface area contributed by atoms with Crippen molar-refractivity contribution in [3.63, 3.8) is 0 Å². The van der Waals surface area contributed by atoms with Gasteiger partial charge in [0.1, 0.15) is 0 Å². The molecule has 0 unspecified atom stereocenters. The number of allylic oxidation sites excluding steroid dienone is 1. The third-order valence-corrected chi connectivity index (χ3v) is 2.08. The fraction of sp³-hybridized carbons (Fsp3) is 0.200. The highest BCUT2D eigenvalue weighted by molar-refractivity contribution is 6.32. The molecule has 1 heteroatoms. The van der Waals surface area contributed by atoms with Gasteiger partial charge in [-0.05, 0) is 25.0 Å². The number of aryl methyl sites for hydroxylation is 1. The van der Waals surface area contributed by atoms with Crippen molar-refractivity contribution in [3.05, 3.63) is 40.4 Å². The van der Waals surface area contributed by atoms with Crippen LogP contribution in [0.25, 0.3) is 6.08 Å². The van der Waals surface area contributed by atoms with E-state index in [1.807, 2.05) is 44.2 Å². The Hall–Kier alpha value is -0.750. The molecular weight excluding hydrogens is 156 g/mol. The van der Waals surface area contributed by atoms with Gasteiger partial charge in [-0.25, -0.2) is 0 Å². The molecule has 0 bridgehead atoms. The monoisotopic (exact) mass is 166 g/mol. The summed E-state index contributed by atoms with van der Waals surface area (Å²) in [4.78, 5) is 0. The lowest BCUT2D eigenvalue weighted by molar-refractivity contribution is 1.46. The van der Waals surface area contributed by atoms with Crippen molar-refractivity contribution in [1.29, 1.82) is 0 Å². The highest BCUT2D eigenvalue weighted by Gasteiger charge is 1.97. The van der Waals surface area contributed by atoms with Gasteiger partial charge >= 0.3 is 0 Å². The first kappa shape index (κ1) is 8.35. The molecule has 0 aromatic heterocycles. The number of benzene rings is 1. The van der Waals surface area contributed by atoms with Crippen LogP contribution in [0.15, 0.2) is 24.3 Å². The Bertz CT molecular complexity index is 274. The average Bonchev–Trinajstić information content (AvgIpc) is 1.99. The second-order valence-electron chi connectivity index (χ2n) is 2.48. The molecule has 0 nitrogen and oxygen atoms in total. The molecule has 0 aliphatic heterocycles. The molecule has 1 rings (SSSR count). The Balaban J connectivity index is 3.16. The van der Waals surface area contributed by atoms with E-state index in [0.717, 1.165) is 16.1 Å². The molecule has 58 valence electrons. The summed E-state index contributed by atoms with van der Waals surface area (Å²) in [6.07, 6.45) is 4.00. The van der Waals surface area contributed by atoms with Crippen molar-refractivity contribution >= 4 is 17.7 Å². The van der Waals surface area contributed by atoms with E-state index in [2.05, 4.69) is 0 Å². The molecule has 0 amide bonds. The van der Waals surface area contributed by atoms with Gasteiger partial charge in [-0.15, -0.1) is 0 Å². The maximum Gasteiger partial charge on any atom is 0.0507 e. The van der Waals surface area contributed by atoms with Crippen LogP contribution in [0.3, 0.4) is 0 Å². The van der Waals surface area contributed by atoms with Crippen molar-refractivity contribution in [2.45, 2.75) is 13.8 Å². The predicted molar refractivity (Wildman–Crippen MR) is 50.9 cm³/mol. The molecule has 0 spiro atoms. The minimum Gasteiger partial charge on any atom is -0.0870 e. The zero-order valence-electron chi connectivity index (χ0n) is 6.76. The highest BCUT2D eigenvalue weighted by atomic mass is 35.5. The fourth-order valence-corrected chi connectivity index (χ4v) is 1.17. The SMILES string of the molecule is CC=Cc1cccc(C)c1Cl. The number of hydrogen-bond acceptors (Lipinski definition) is 0. The Morgan fingerprint density at radius 1 is 1.36 bits per heavy atom. The fourth-order valence-electron chi connectivity index (χ4n) is 0.978. The van der Waals surface area contributed by atoms with E-state index in [-0.39, 0.29) is 0 Å². The zero-order valence-corrected chi connectivity index (χ0v) is 7.52. The minimum atomic E-state index is 0.852. The van der Waals surface area contributed by atoms with Gasteiger partial charge in [-0.3, -0.25) is 0 Å². The van der Waals surface area contributed by atoms with Crippen LogP contribution in [-0.4, -0.2) is 0 Å². The summed E-state index contributed by atoms with van der Waals surface area (Å²) in [5.74, 6) is 0. The quantitative estimate of drug-likeness (QED) is 0.597. The first-order chi connectivity index (χ1) is 5.25. The molecule has 0 saturated carbocycles. The van der Waals surface area contributed by atoms with Gasteiger partial charge in [0.05, 0.1) is 5.02 Å². The largest absolute Gasteiger partial charge is 0.0870 e. The topological polar surface area (TPSA) is 0 Å². The van der Waals surface area contributed by atoms with Crippen molar-refractivity contribution in [2.75, 3.05) is 0 Å². The summed E-state index contributed by atoms with van der Waals surface area (Å²) in [7, 11) is 0. The molecule has 0 saturated heterocycles. The maximum atomic E-state index is 6.02. The molecule has 0 N–H and O–H groups in total. The van der Waals surface area contributed by atoms with E-state index in [9.17, 15) is 0 Å². The molecule has 0 atom stereocenters. The zero-order chi connectivity index (χ0) is 8.27. The van der Waals surface area contributed by atoms with Crippen molar-refractivity contribution in [1.82, 2.24) is 0 Å². The Labute approximate surface area is 72.5 Å². The molecule has 0 aliphatic carbocycles. The summed E-state index contributed by atoms with van der Waals surface area (Å²) in [6.45, 7) is 3.99. The maximum absolute atomic E-state index is 6.02. The van der Waals surface area contributed by atoms with Gasteiger partial charge in [0, 0.05) is 0 Å². The van der Waals surface area contributed by atoms with Crippen LogP contribution in [0.4, 0.5) is 0 Å². The third-order valence-electron chi connectivity index (χ3n) is 1.57. The van der Waals surface area contributed by atoms with E-state index >= 15 is 0 Å².